The van der Waals surface area contributed by atoms with E-state index in [0.717, 1.165) is 24.3 Å². The molecule has 0 bridgehead atoms. The Morgan fingerprint density at radius 2 is 1.65 bits per heavy atom. The van der Waals surface area contributed by atoms with Gasteiger partial charge in [-0.2, -0.15) is 0 Å². The summed E-state index contributed by atoms with van der Waals surface area (Å²) in [6.45, 7) is 6.42. The first kappa shape index (κ1) is 31.5. The molecule has 2 amide bonds. The van der Waals surface area contributed by atoms with Crippen molar-refractivity contribution in [3.63, 3.8) is 0 Å². The molecule has 2 heterocycles. The number of hydrogen-bond acceptors (Lipinski definition) is 5. The van der Waals surface area contributed by atoms with E-state index in [-0.39, 0.29) is 40.5 Å². The number of ether oxygens (including phenoxy) is 2. The van der Waals surface area contributed by atoms with Gasteiger partial charge in [0.15, 0.2) is 38.7 Å². The fraction of sp³-hybridized carbons (Fsp3) is 0.276. The number of aromatic nitrogens is 2. The van der Waals surface area contributed by atoms with E-state index in [1.165, 1.54) is 32.2 Å². The first-order valence-corrected chi connectivity index (χ1v) is 13.4. The zero-order valence-corrected chi connectivity index (χ0v) is 24.5. The van der Waals surface area contributed by atoms with Gasteiger partial charge in [-0.05, 0) is 69.7 Å². The van der Waals surface area contributed by atoms with E-state index in [1.54, 1.807) is 46.0 Å². The smallest absolute Gasteiger partial charge is 0.407 e. The summed E-state index contributed by atoms with van der Waals surface area (Å²) < 4.78 is 69.7. The van der Waals surface area contributed by atoms with Gasteiger partial charge in [-0.3, -0.25) is 9.20 Å². The van der Waals surface area contributed by atoms with Crippen LogP contribution in [0.2, 0.25) is 0 Å². The van der Waals surface area contributed by atoms with Crippen LogP contribution in [0.5, 0.6) is 5.75 Å². The van der Waals surface area contributed by atoms with Crippen molar-refractivity contribution in [1.82, 2.24) is 20.0 Å². The van der Waals surface area contributed by atoms with Gasteiger partial charge in [-0.1, -0.05) is 12.1 Å². The molecule has 2 aromatic carbocycles. The van der Waals surface area contributed by atoms with Crippen molar-refractivity contribution < 1.29 is 36.6 Å². The van der Waals surface area contributed by atoms with E-state index in [9.17, 15) is 27.2 Å². The highest BCUT2D eigenvalue weighted by Crippen LogP contribution is 2.31. The molecule has 0 saturated heterocycles. The second-order valence-corrected chi connectivity index (χ2v) is 11.4. The largest absolute Gasteiger partial charge is 0.497 e. The maximum absolute atomic E-state index is 14.6. The molecule has 2 N–H and O–H groups in total. The maximum Gasteiger partial charge on any atom is 0.407 e. The lowest BCUT2D eigenvalue weighted by atomic mass is 9.60. The van der Waals surface area contributed by atoms with Crippen LogP contribution in [0.25, 0.3) is 5.65 Å². The summed E-state index contributed by atoms with van der Waals surface area (Å²) >= 11 is 0. The lowest BCUT2D eigenvalue weighted by Gasteiger charge is -2.28. The molecule has 0 saturated carbocycles. The van der Waals surface area contributed by atoms with Gasteiger partial charge < -0.3 is 20.1 Å². The van der Waals surface area contributed by atoms with Crippen molar-refractivity contribution in [2.45, 2.75) is 44.7 Å². The van der Waals surface area contributed by atoms with Gasteiger partial charge in [-0.25, -0.2) is 27.3 Å². The number of hydrogen-bond donors (Lipinski definition) is 2. The topological polar surface area (TPSA) is 94.0 Å². The summed E-state index contributed by atoms with van der Waals surface area (Å²) in [5.41, 5.74) is -0.304. The van der Waals surface area contributed by atoms with Crippen LogP contribution in [0.3, 0.4) is 0 Å². The molecule has 0 radical (unpaired) electrons. The molecule has 14 heteroatoms. The number of benzene rings is 2. The third-order valence-electron chi connectivity index (χ3n) is 6.43. The monoisotopic (exact) mass is 596 g/mol. The Labute approximate surface area is 247 Å². The average molecular weight is 596 g/mol. The number of fused-ring (bicyclic) bond motifs is 1. The van der Waals surface area contributed by atoms with Gasteiger partial charge >= 0.3 is 6.09 Å². The lowest BCUT2D eigenvalue weighted by molar-refractivity contribution is 0.0519. The standard InChI is InChI=1S/C29H30B2F4N4O4/c1-15-24(26(40)38-21(14-36-27(41)43-28(2,3)4)16-10-11-17(32)20(35)13-16)39-12-6-9-22(25(39)37-15)42-29(30,31)23-18(33)7-5-8-19(23)34/h5-13,21H,14,30-31H2,1-4H3,(H,36,41)(H,38,40). The van der Waals surface area contributed by atoms with E-state index < -0.39 is 52.3 Å². The summed E-state index contributed by atoms with van der Waals surface area (Å²) in [6, 6.07) is 8.78. The van der Waals surface area contributed by atoms with Crippen molar-refractivity contribution in [3.05, 3.63) is 101 Å². The fourth-order valence-electron chi connectivity index (χ4n) is 4.62. The number of aryl methyl sites for hydroxylation is 1. The van der Waals surface area contributed by atoms with Gasteiger partial charge in [0.05, 0.1) is 17.1 Å². The van der Waals surface area contributed by atoms with Crippen molar-refractivity contribution in [1.29, 1.82) is 0 Å². The molecule has 224 valence electrons. The summed E-state index contributed by atoms with van der Waals surface area (Å²) in [4.78, 5) is 30.4. The minimum Gasteiger partial charge on any atom is -0.497 e. The fourth-order valence-corrected chi connectivity index (χ4v) is 4.62. The molecule has 8 nitrogen and oxygen atoms in total. The van der Waals surface area contributed by atoms with Crippen molar-refractivity contribution in [2.24, 2.45) is 0 Å². The van der Waals surface area contributed by atoms with Crippen LogP contribution in [-0.4, -0.2) is 49.2 Å². The highest BCUT2D eigenvalue weighted by atomic mass is 19.2. The van der Waals surface area contributed by atoms with Crippen molar-refractivity contribution >= 4 is 33.3 Å². The summed E-state index contributed by atoms with van der Waals surface area (Å²) in [5, 5.41) is 3.83. The van der Waals surface area contributed by atoms with Crippen LogP contribution >= 0.6 is 0 Å². The third kappa shape index (κ3) is 7.12. The molecule has 4 aromatic rings. The Kier molecular flexibility index (Phi) is 8.79. The van der Waals surface area contributed by atoms with Gasteiger partial charge in [0, 0.05) is 18.3 Å². The van der Waals surface area contributed by atoms with E-state index in [0.29, 0.717) is 0 Å². The van der Waals surface area contributed by atoms with Crippen LogP contribution in [0, 0.1) is 30.2 Å². The van der Waals surface area contributed by atoms with Gasteiger partial charge in [0.1, 0.15) is 22.9 Å². The number of nitrogens with one attached hydrogen (secondary N) is 2. The minimum atomic E-state index is -1.45. The molecule has 0 aliphatic carbocycles. The van der Waals surface area contributed by atoms with Crippen LogP contribution in [0.4, 0.5) is 22.4 Å². The molecule has 1 atom stereocenters. The molecule has 1 unspecified atom stereocenters. The van der Waals surface area contributed by atoms with Gasteiger partial charge in [0.25, 0.3) is 5.91 Å². The highest BCUT2D eigenvalue weighted by molar-refractivity contribution is 6.39. The number of halogens is 4. The number of nitrogens with zero attached hydrogens (tertiary/aromatic N) is 2. The molecule has 0 spiro atoms. The highest BCUT2D eigenvalue weighted by Gasteiger charge is 2.31. The molecule has 2 aromatic heterocycles. The molecule has 43 heavy (non-hydrogen) atoms. The van der Waals surface area contributed by atoms with E-state index >= 15 is 0 Å². The first-order chi connectivity index (χ1) is 20.1. The first-order valence-electron chi connectivity index (χ1n) is 13.4. The predicted octanol–water partition coefficient (Wildman–Crippen LogP) is 3.65. The number of amides is 2. The Morgan fingerprint density at radius 1 is 0.977 bits per heavy atom. The minimum absolute atomic E-state index is 0.0835. The Morgan fingerprint density at radius 3 is 2.28 bits per heavy atom. The van der Waals surface area contributed by atoms with E-state index in [2.05, 4.69) is 15.6 Å². The van der Waals surface area contributed by atoms with Crippen LogP contribution < -0.4 is 15.4 Å². The van der Waals surface area contributed by atoms with E-state index in [1.807, 2.05) is 0 Å². The SMILES string of the molecule is BC(B)(Oc1cccn2c(C(=O)NC(CNC(=O)OC(C)(C)C)c3ccc(F)c(F)c3)c(C)nc12)c1c(F)cccc1F. The normalized spacial score (nSPS) is 12.6. The summed E-state index contributed by atoms with van der Waals surface area (Å²) in [5.74, 6) is -4.25. The molecular formula is C29H30B2F4N4O4. The lowest BCUT2D eigenvalue weighted by Crippen LogP contribution is -2.40. The molecule has 4 rings (SSSR count). The van der Waals surface area contributed by atoms with E-state index in [4.69, 9.17) is 9.47 Å². The zero-order valence-electron chi connectivity index (χ0n) is 24.5. The number of imidazole rings is 1. The number of alkyl carbamates (subject to hydrolysis) is 1. The average Bonchev–Trinajstić information content (AvgIpc) is 3.23. The molecular weight excluding hydrogens is 566 g/mol. The predicted molar refractivity (Wildman–Crippen MR) is 156 cm³/mol. The number of carbonyl (C=O) groups excluding carboxylic acids is 2. The Hall–Kier alpha value is -4.48. The second kappa shape index (κ2) is 12.0. The molecule has 0 aliphatic heterocycles. The quantitative estimate of drug-likeness (QED) is 0.240. The van der Waals surface area contributed by atoms with Crippen molar-refractivity contribution in [3.8, 4) is 5.75 Å². The number of carbonyl (C=O) groups is 2. The van der Waals surface area contributed by atoms with Crippen LogP contribution in [0.15, 0.2) is 54.7 Å². The van der Waals surface area contributed by atoms with Crippen molar-refractivity contribution in [2.75, 3.05) is 6.54 Å². The van der Waals surface area contributed by atoms with Crippen LogP contribution in [0.1, 0.15) is 54.1 Å². The maximum atomic E-state index is 14.6. The van der Waals surface area contributed by atoms with Gasteiger partial charge in [-0.15, -0.1) is 0 Å². The molecule has 0 fully saturated rings. The van der Waals surface area contributed by atoms with Crippen LogP contribution in [-0.2, 0) is 10.1 Å². The molecule has 0 aliphatic rings. The Balaban J connectivity index is 1.65. The summed E-state index contributed by atoms with van der Waals surface area (Å²) in [6.07, 6.45) is 0.787. The third-order valence-corrected chi connectivity index (χ3v) is 6.43. The number of pyridine rings is 1. The Bertz CT molecular complexity index is 1670. The second-order valence-electron chi connectivity index (χ2n) is 11.4. The summed E-state index contributed by atoms with van der Waals surface area (Å²) in [7, 11) is 3.01. The zero-order chi connectivity index (χ0) is 31.7. The number of rotatable bonds is 8. The van der Waals surface area contributed by atoms with Gasteiger partial charge in [0.2, 0.25) is 0 Å².